The molecule has 126 valence electrons. The zero-order valence-corrected chi connectivity index (χ0v) is 14.9. The van der Waals surface area contributed by atoms with Gasteiger partial charge in [-0.1, -0.05) is 0 Å². The van der Waals surface area contributed by atoms with Gasteiger partial charge in [0.05, 0.1) is 0 Å². The Kier molecular flexibility index (Phi) is 8.02. The average Bonchev–Trinajstić information content (AvgIpc) is 2.58. The Hall–Kier alpha value is -1.49. The molecule has 0 bridgehead atoms. The van der Waals surface area contributed by atoms with Crippen LogP contribution in [0.2, 0.25) is 6.04 Å². The molecule has 10 heteroatoms. The van der Waals surface area contributed by atoms with Crippen molar-refractivity contribution in [3.8, 4) is 0 Å². The Balaban J connectivity index is 2.41. The van der Waals surface area contributed by atoms with Crippen LogP contribution >= 0.6 is 0 Å². The number of hydrogen-bond acceptors (Lipinski definition) is 9. The summed E-state index contributed by atoms with van der Waals surface area (Å²) in [4.78, 5) is 12.6. The first kappa shape index (κ1) is 18.6. The maximum absolute atomic E-state index is 5.39. The number of nitrogens with zero attached hydrogens (tertiary/aromatic N) is 3. The maximum Gasteiger partial charge on any atom is 0.500 e. The summed E-state index contributed by atoms with van der Waals surface area (Å²) < 4.78 is 16.2. The van der Waals surface area contributed by atoms with Crippen LogP contribution in [0.1, 0.15) is 12.8 Å². The summed E-state index contributed by atoms with van der Waals surface area (Å²) >= 11 is 0. The lowest BCUT2D eigenvalue weighted by molar-refractivity contribution is 0.123. The van der Waals surface area contributed by atoms with Crippen molar-refractivity contribution >= 4 is 26.6 Å². The highest BCUT2D eigenvalue weighted by Crippen LogP contribution is 2.16. The second-order valence-electron chi connectivity index (χ2n) is 4.49. The summed E-state index contributed by atoms with van der Waals surface area (Å²) in [5, 5.41) is 8.99. The SMILES string of the molecule is CNc1nc(NC)nc(NCCCC[Si](OC)(OC)OC)n1. The van der Waals surface area contributed by atoms with Crippen molar-refractivity contribution in [1.29, 1.82) is 0 Å². The molecule has 0 atom stereocenters. The Bertz CT molecular complexity index is 416. The van der Waals surface area contributed by atoms with Crippen molar-refractivity contribution in [3.05, 3.63) is 0 Å². The Morgan fingerprint density at radius 3 is 1.77 bits per heavy atom. The van der Waals surface area contributed by atoms with Crippen molar-refractivity contribution in [2.75, 3.05) is 57.9 Å². The van der Waals surface area contributed by atoms with E-state index in [2.05, 4.69) is 30.9 Å². The fraction of sp³-hybridized carbons (Fsp3) is 0.750. The normalized spacial score (nSPS) is 11.3. The van der Waals surface area contributed by atoms with Crippen LogP contribution < -0.4 is 16.0 Å². The van der Waals surface area contributed by atoms with E-state index in [1.807, 2.05) is 0 Å². The maximum atomic E-state index is 5.39. The Morgan fingerprint density at radius 1 is 0.818 bits per heavy atom. The van der Waals surface area contributed by atoms with Crippen molar-refractivity contribution in [3.63, 3.8) is 0 Å². The molecule has 1 aromatic rings. The molecule has 0 radical (unpaired) electrons. The molecule has 9 nitrogen and oxygen atoms in total. The zero-order chi connectivity index (χ0) is 16.4. The summed E-state index contributed by atoms with van der Waals surface area (Å²) in [5.41, 5.74) is 0. The van der Waals surface area contributed by atoms with Gasteiger partial charge < -0.3 is 29.2 Å². The zero-order valence-electron chi connectivity index (χ0n) is 13.9. The fourth-order valence-corrected chi connectivity index (χ4v) is 3.70. The third kappa shape index (κ3) is 5.37. The van der Waals surface area contributed by atoms with E-state index in [9.17, 15) is 0 Å². The average molecular weight is 330 g/mol. The minimum Gasteiger partial charge on any atom is -0.377 e. The van der Waals surface area contributed by atoms with E-state index in [0.717, 1.165) is 25.4 Å². The third-order valence-corrected chi connectivity index (χ3v) is 6.04. The van der Waals surface area contributed by atoms with Crippen LogP contribution in [0.25, 0.3) is 0 Å². The lowest BCUT2D eigenvalue weighted by Crippen LogP contribution is -2.42. The van der Waals surface area contributed by atoms with Crippen molar-refractivity contribution < 1.29 is 13.3 Å². The van der Waals surface area contributed by atoms with Gasteiger partial charge in [0.15, 0.2) is 0 Å². The summed E-state index contributed by atoms with van der Waals surface area (Å²) in [6, 6.07) is 0.777. The van der Waals surface area contributed by atoms with Crippen LogP contribution in [-0.2, 0) is 13.3 Å². The molecule has 1 rings (SSSR count). The molecule has 0 aliphatic rings. The van der Waals surface area contributed by atoms with E-state index in [4.69, 9.17) is 13.3 Å². The molecule has 0 amide bonds. The molecule has 1 heterocycles. The topological polar surface area (TPSA) is 102 Å². The Morgan fingerprint density at radius 2 is 1.32 bits per heavy atom. The number of unbranched alkanes of at least 4 members (excludes halogenated alkanes) is 1. The van der Waals surface area contributed by atoms with Gasteiger partial charge in [0.2, 0.25) is 17.8 Å². The number of hydrogen-bond donors (Lipinski definition) is 3. The highest BCUT2D eigenvalue weighted by Gasteiger charge is 2.36. The van der Waals surface area contributed by atoms with Crippen molar-refractivity contribution in [2.24, 2.45) is 0 Å². The molecule has 0 saturated carbocycles. The minimum absolute atomic E-state index is 0.520. The molecule has 22 heavy (non-hydrogen) atoms. The molecule has 0 unspecified atom stereocenters. The number of anilines is 3. The van der Waals surface area contributed by atoms with Crippen molar-refractivity contribution in [2.45, 2.75) is 18.9 Å². The van der Waals surface area contributed by atoms with Crippen molar-refractivity contribution in [1.82, 2.24) is 15.0 Å². The predicted octanol–water partition coefficient (Wildman–Crippen LogP) is 1.03. The molecule has 0 aliphatic heterocycles. The van der Waals surface area contributed by atoms with E-state index >= 15 is 0 Å². The van der Waals surface area contributed by atoms with Crippen LogP contribution in [0.5, 0.6) is 0 Å². The van der Waals surface area contributed by atoms with Gasteiger partial charge >= 0.3 is 8.80 Å². The second kappa shape index (κ2) is 9.51. The van der Waals surface area contributed by atoms with E-state index < -0.39 is 8.80 Å². The van der Waals surface area contributed by atoms with Gasteiger partial charge in [0.1, 0.15) is 0 Å². The van der Waals surface area contributed by atoms with E-state index in [1.165, 1.54) is 0 Å². The summed E-state index contributed by atoms with van der Waals surface area (Å²) in [6.45, 7) is 0.748. The van der Waals surface area contributed by atoms with Crippen LogP contribution in [0.3, 0.4) is 0 Å². The van der Waals surface area contributed by atoms with Crippen LogP contribution in [-0.4, -0.2) is 65.7 Å². The van der Waals surface area contributed by atoms with Gasteiger partial charge in [-0.15, -0.1) is 0 Å². The smallest absolute Gasteiger partial charge is 0.377 e. The molecule has 0 fully saturated rings. The van der Waals surface area contributed by atoms with Crippen LogP contribution in [0, 0.1) is 0 Å². The largest absolute Gasteiger partial charge is 0.500 e. The number of nitrogens with one attached hydrogen (secondary N) is 3. The molecule has 1 aromatic heterocycles. The van der Waals surface area contributed by atoms with Gasteiger partial charge in [-0.2, -0.15) is 15.0 Å². The monoisotopic (exact) mass is 330 g/mol. The predicted molar refractivity (Wildman–Crippen MR) is 88.2 cm³/mol. The number of aromatic nitrogens is 3. The Labute approximate surface area is 132 Å². The van der Waals surface area contributed by atoms with Gasteiger partial charge in [-0.3, -0.25) is 0 Å². The first-order chi connectivity index (χ1) is 10.6. The highest BCUT2D eigenvalue weighted by molar-refractivity contribution is 6.60. The highest BCUT2D eigenvalue weighted by atomic mass is 28.4. The summed E-state index contributed by atoms with van der Waals surface area (Å²) in [6.07, 6.45) is 1.86. The van der Waals surface area contributed by atoms with Crippen LogP contribution in [0.4, 0.5) is 17.8 Å². The molecule has 3 N–H and O–H groups in total. The second-order valence-corrected chi connectivity index (χ2v) is 7.58. The van der Waals surface area contributed by atoms with Gasteiger partial charge in [-0.25, -0.2) is 0 Å². The summed E-state index contributed by atoms with van der Waals surface area (Å²) in [7, 11) is 5.95. The van der Waals surface area contributed by atoms with Gasteiger partial charge in [0.25, 0.3) is 0 Å². The lowest BCUT2D eigenvalue weighted by Gasteiger charge is -2.24. The van der Waals surface area contributed by atoms with E-state index in [1.54, 1.807) is 35.4 Å². The van der Waals surface area contributed by atoms with E-state index in [-0.39, 0.29) is 0 Å². The van der Waals surface area contributed by atoms with Gasteiger partial charge in [-0.05, 0) is 12.8 Å². The fourth-order valence-electron chi connectivity index (χ4n) is 1.90. The molecule has 0 aliphatic carbocycles. The molecule has 0 spiro atoms. The first-order valence-electron chi connectivity index (χ1n) is 7.14. The standard InChI is InChI=1S/C12H26N6O3Si/c1-13-10-16-11(14-2)18-12(17-10)15-8-6-7-9-22(19-3,20-4)21-5/h6-9H2,1-5H3,(H3,13,14,15,16,17,18). The quantitative estimate of drug-likeness (QED) is 0.405. The van der Waals surface area contributed by atoms with Gasteiger partial charge in [0, 0.05) is 48.0 Å². The minimum atomic E-state index is -2.47. The summed E-state index contributed by atoms with van der Waals surface area (Å²) in [5.74, 6) is 1.58. The third-order valence-electron chi connectivity index (χ3n) is 3.21. The molecular weight excluding hydrogens is 304 g/mol. The molecule has 0 saturated heterocycles. The van der Waals surface area contributed by atoms with E-state index in [0.29, 0.717) is 17.8 Å². The molecule has 0 aromatic carbocycles. The molecular formula is C12H26N6O3Si. The lowest BCUT2D eigenvalue weighted by atomic mass is 10.3. The first-order valence-corrected chi connectivity index (χ1v) is 9.07. The number of rotatable bonds is 11. The van der Waals surface area contributed by atoms with Crippen LogP contribution in [0.15, 0.2) is 0 Å².